The third-order valence-electron chi connectivity index (χ3n) is 2.02. The van der Waals surface area contributed by atoms with Crippen LogP contribution in [0.1, 0.15) is 26.7 Å². The molecule has 0 aromatic carbocycles. The molecule has 0 aliphatic rings. The molecule has 0 saturated heterocycles. The summed E-state index contributed by atoms with van der Waals surface area (Å²) in [6.45, 7) is 6.05. The van der Waals surface area contributed by atoms with Crippen LogP contribution in [0.25, 0.3) is 0 Å². The predicted octanol–water partition coefficient (Wildman–Crippen LogP) is 0.956. The van der Waals surface area contributed by atoms with E-state index in [9.17, 15) is 0 Å². The van der Waals surface area contributed by atoms with Gasteiger partial charge >= 0.3 is 0 Å². The number of hydrogen-bond donors (Lipinski definition) is 2. The quantitative estimate of drug-likeness (QED) is 0.603. The van der Waals surface area contributed by atoms with Crippen LogP contribution in [-0.2, 0) is 0 Å². The van der Waals surface area contributed by atoms with E-state index in [1.165, 1.54) is 0 Å². The highest BCUT2D eigenvalue weighted by Crippen LogP contribution is 2.17. The lowest BCUT2D eigenvalue weighted by molar-refractivity contribution is 0.346. The molecule has 0 aliphatic heterocycles. The topological polar surface area (TPSA) is 52.0 Å². The van der Waals surface area contributed by atoms with E-state index in [1.807, 2.05) is 0 Å². The summed E-state index contributed by atoms with van der Waals surface area (Å²) in [5.74, 6) is 1.46. The van der Waals surface area contributed by atoms with Crippen LogP contribution < -0.4 is 11.5 Å². The smallest absolute Gasteiger partial charge is 0.00745 e. The van der Waals surface area contributed by atoms with Crippen molar-refractivity contribution in [2.75, 3.05) is 13.1 Å². The van der Waals surface area contributed by atoms with Crippen molar-refractivity contribution in [3.8, 4) is 0 Å². The van der Waals surface area contributed by atoms with E-state index in [0.29, 0.717) is 0 Å². The Morgan fingerprint density at radius 2 is 1.40 bits per heavy atom. The van der Waals surface area contributed by atoms with Crippen molar-refractivity contribution in [1.82, 2.24) is 0 Å². The molecule has 0 aliphatic carbocycles. The predicted molar refractivity (Wildman–Crippen MR) is 45.7 cm³/mol. The SMILES string of the molecule is CC(C)C(CCN)CCN. The molecule has 0 unspecified atom stereocenters. The fourth-order valence-electron chi connectivity index (χ4n) is 1.24. The van der Waals surface area contributed by atoms with Gasteiger partial charge in [0.25, 0.3) is 0 Å². The van der Waals surface area contributed by atoms with Gasteiger partial charge < -0.3 is 11.5 Å². The zero-order valence-corrected chi connectivity index (χ0v) is 7.14. The summed E-state index contributed by atoms with van der Waals surface area (Å²) in [5, 5.41) is 0. The Morgan fingerprint density at radius 1 is 1.00 bits per heavy atom. The Hall–Kier alpha value is -0.0800. The molecule has 0 fully saturated rings. The van der Waals surface area contributed by atoms with Gasteiger partial charge in [0.15, 0.2) is 0 Å². The molecule has 0 spiro atoms. The molecular weight excluding hydrogens is 124 g/mol. The molecule has 2 heteroatoms. The van der Waals surface area contributed by atoms with Gasteiger partial charge in [-0.2, -0.15) is 0 Å². The first-order valence-electron chi connectivity index (χ1n) is 4.12. The van der Waals surface area contributed by atoms with Crippen LogP contribution in [0.15, 0.2) is 0 Å². The van der Waals surface area contributed by atoms with Gasteiger partial charge in [0.2, 0.25) is 0 Å². The summed E-state index contributed by atoms with van der Waals surface area (Å²) in [6.07, 6.45) is 2.24. The van der Waals surface area contributed by atoms with Crippen molar-refractivity contribution in [1.29, 1.82) is 0 Å². The molecule has 0 amide bonds. The normalized spacial score (nSPS) is 11.4. The molecule has 0 saturated carbocycles. The van der Waals surface area contributed by atoms with E-state index in [1.54, 1.807) is 0 Å². The maximum atomic E-state index is 5.46. The van der Waals surface area contributed by atoms with Gasteiger partial charge in [0.1, 0.15) is 0 Å². The molecule has 2 nitrogen and oxygen atoms in total. The number of rotatable bonds is 5. The molecule has 0 atom stereocenters. The second kappa shape index (κ2) is 5.69. The van der Waals surface area contributed by atoms with Crippen molar-refractivity contribution >= 4 is 0 Å². The lowest BCUT2D eigenvalue weighted by Gasteiger charge is -2.18. The molecule has 0 aromatic rings. The average molecular weight is 144 g/mol. The van der Waals surface area contributed by atoms with Crippen LogP contribution in [0.2, 0.25) is 0 Å². The minimum absolute atomic E-state index is 0.729. The molecule has 0 radical (unpaired) electrons. The molecule has 0 rings (SSSR count). The molecule has 0 heterocycles. The Bertz CT molecular complexity index is 65.7. The summed E-state index contributed by atoms with van der Waals surface area (Å²) in [6, 6.07) is 0. The first-order valence-corrected chi connectivity index (χ1v) is 4.12. The van der Waals surface area contributed by atoms with Crippen molar-refractivity contribution in [3.05, 3.63) is 0 Å². The van der Waals surface area contributed by atoms with Crippen molar-refractivity contribution in [3.63, 3.8) is 0 Å². The van der Waals surface area contributed by atoms with Crippen molar-refractivity contribution in [2.24, 2.45) is 23.3 Å². The van der Waals surface area contributed by atoms with Crippen LogP contribution >= 0.6 is 0 Å². The fraction of sp³-hybridized carbons (Fsp3) is 1.00. The van der Waals surface area contributed by atoms with Gasteiger partial charge in [-0.3, -0.25) is 0 Å². The van der Waals surface area contributed by atoms with Gasteiger partial charge in [0.05, 0.1) is 0 Å². The Morgan fingerprint density at radius 3 is 1.60 bits per heavy atom. The highest BCUT2D eigenvalue weighted by atomic mass is 14.5. The minimum Gasteiger partial charge on any atom is -0.330 e. The first kappa shape index (κ1) is 9.92. The van der Waals surface area contributed by atoms with Crippen LogP contribution in [0.5, 0.6) is 0 Å². The van der Waals surface area contributed by atoms with E-state index in [2.05, 4.69) is 13.8 Å². The lowest BCUT2D eigenvalue weighted by Crippen LogP contribution is -2.17. The van der Waals surface area contributed by atoms with Gasteiger partial charge in [-0.1, -0.05) is 13.8 Å². The summed E-state index contributed by atoms with van der Waals surface area (Å²) in [7, 11) is 0. The largest absolute Gasteiger partial charge is 0.330 e. The Labute approximate surface area is 64.0 Å². The lowest BCUT2D eigenvalue weighted by atomic mass is 9.90. The maximum Gasteiger partial charge on any atom is -0.00745 e. The third kappa shape index (κ3) is 3.85. The molecule has 4 N–H and O–H groups in total. The van der Waals surface area contributed by atoms with E-state index < -0.39 is 0 Å². The Balaban J connectivity index is 3.50. The van der Waals surface area contributed by atoms with Gasteiger partial charge in [0, 0.05) is 0 Å². The maximum absolute atomic E-state index is 5.46. The molecule has 0 aromatic heterocycles. The second-order valence-corrected chi connectivity index (χ2v) is 3.16. The van der Waals surface area contributed by atoms with E-state index in [4.69, 9.17) is 11.5 Å². The van der Waals surface area contributed by atoms with Crippen molar-refractivity contribution in [2.45, 2.75) is 26.7 Å². The van der Waals surface area contributed by atoms with E-state index in [-0.39, 0.29) is 0 Å². The summed E-state index contributed by atoms with van der Waals surface area (Å²) in [4.78, 5) is 0. The Kier molecular flexibility index (Phi) is 5.64. The van der Waals surface area contributed by atoms with Gasteiger partial charge in [-0.25, -0.2) is 0 Å². The monoisotopic (exact) mass is 144 g/mol. The van der Waals surface area contributed by atoms with Crippen molar-refractivity contribution < 1.29 is 0 Å². The van der Waals surface area contributed by atoms with Gasteiger partial charge in [-0.15, -0.1) is 0 Å². The van der Waals surface area contributed by atoms with Crippen LogP contribution in [0, 0.1) is 11.8 Å². The molecule has 62 valence electrons. The van der Waals surface area contributed by atoms with E-state index in [0.717, 1.165) is 37.8 Å². The average Bonchev–Trinajstić information content (AvgIpc) is 1.87. The third-order valence-corrected chi connectivity index (χ3v) is 2.02. The van der Waals surface area contributed by atoms with Gasteiger partial charge in [-0.05, 0) is 37.8 Å². The summed E-state index contributed by atoms with van der Waals surface area (Å²) < 4.78 is 0. The molecular formula is C8H20N2. The minimum atomic E-state index is 0.729. The highest BCUT2D eigenvalue weighted by Gasteiger charge is 2.10. The van der Waals surface area contributed by atoms with Crippen LogP contribution in [0.4, 0.5) is 0 Å². The molecule has 10 heavy (non-hydrogen) atoms. The zero-order valence-electron chi connectivity index (χ0n) is 7.14. The standard InChI is InChI=1S/C8H20N2/c1-7(2)8(3-5-9)4-6-10/h7-8H,3-6,9-10H2,1-2H3. The molecule has 0 bridgehead atoms. The van der Waals surface area contributed by atoms with Crippen LogP contribution in [-0.4, -0.2) is 13.1 Å². The van der Waals surface area contributed by atoms with Crippen LogP contribution in [0.3, 0.4) is 0 Å². The number of nitrogens with two attached hydrogens (primary N) is 2. The van der Waals surface area contributed by atoms with E-state index >= 15 is 0 Å². The first-order chi connectivity index (χ1) is 4.72. The zero-order chi connectivity index (χ0) is 7.98. The summed E-state index contributed by atoms with van der Waals surface area (Å²) >= 11 is 0. The second-order valence-electron chi connectivity index (χ2n) is 3.16. The summed E-state index contributed by atoms with van der Waals surface area (Å²) in [5.41, 5.74) is 10.9. The number of hydrogen-bond acceptors (Lipinski definition) is 2. The fourth-order valence-corrected chi connectivity index (χ4v) is 1.24. The highest BCUT2D eigenvalue weighted by molar-refractivity contribution is 4.63.